The molecule has 0 spiro atoms. The van der Waals surface area contributed by atoms with Gasteiger partial charge >= 0.3 is 12.0 Å². The van der Waals surface area contributed by atoms with Crippen molar-refractivity contribution in [1.82, 2.24) is 15.1 Å². The Bertz CT molecular complexity index is 717. The number of fused-ring (bicyclic) bond motifs is 1. The van der Waals surface area contributed by atoms with Crippen molar-refractivity contribution in [3.05, 3.63) is 23.9 Å². The molecule has 0 unspecified atom stereocenters. The molecule has 2 aromatic rings. The van der Waals surface area contributed by atoms with E-state index in [9.17, 15) is 9.59 Å². The number of nitrogens with one attached hydrogen (secondary N) is 2. The minimum atomic E-state index is -0.777. The fourth-order valence-electron chi connectivity index (χ4n) is 2.83. The Morgan fingerprint density at radius 1 is 1.36 bits per heavy atom. The van der Waals surface area contributed by atoms with E-state index in [1.807, 2.05) is 19.1 Å². The van der Waals surface area contributed by atoms with Crippen LogP contribution in [0.15, 0.2) is 18.3 Å². The van der Waals surface area contributed by atoms with Crippen LogP contribution in [0.4, 0.5) is 10.5 Å². The van der Waals surface area contributed by atoms with Gasteiger partial charge in [0, 0.05) is 24.2 Å². The van der Waals surface area contributed by atoms with Gasteiger partial charge in [0.15, 0.2) is 0 Å². The highest BCUT2D eigenvalue weighted by Crippen LogP contribution is 2.23. The Morgan fingerprint density at radius 2 is 2.09 bits per heavy atom. The number of hydrogen-bond donors (Lipinski definition) is 3. The Balaban J connectivity index is 1.67. The van der Waals surface area contributed by atoms with Crippen molar-refractivity contribution in [2.75, 3.05) is 18.4 Å². The van der Waals surface area contributed by atoms with E-state index in [0.717, 1.165) is 16.5 Å². The van der Waals surface area contributed by atoms with Crippen LogP contribution in [-0.2, 0) is 4.79 Å². The van der Waals surface area contributed by atoms with Crippen LogP contribution in [0.3, 0.4) is 0 Å². The van der Waals surface area contributed by atoms with Crippen LogP contribution in [0.25, 0.3) is 10.9 Å². The molecule has 1 fully saturated rings. The fraction of sp³-hybridized carbons (Fsp3) is 0.400. The molecule has 3 N–H and O–H groups in total. The number of amides is 2. The van der Waals surface area contributed by atoms with Crippen LogP contribution >= 0.6 is 0 Å². The Kier molecular flexibility index (Phi) is 3.70. The second-order valence-corrected chi connectivity index (χ2v) is 5.65. The second-order valence-electron chi connectivity index (χ2n) is 5.65. The van der Waals surface area contributed by atoms with E-state index in [-0.39, 0.29) is 11.9 Å². The molecule has 1 aromatic heterocycles. The monoisotopic (exact) mass is 302 g/mol. The molecule has 22 heavy (non-hydrogen) atoms. The number of aliphatic carboxylic acids is 1. The van der Waals surface area contributed by atoms with Crippen LogP contribution in [0.1, 0.15) is 18.4 Å². The maximum Gasteiger partial charge on any atom is 0.321 e. The number of H-pyrrole nitrogens is 1. The zero-order valence-corrected chi connectivity index (χ0v) is 12.3. The summed E-state index contributed by atoms with van der Waals surface area (Å²) in [7, 11) is 0. The molecule has 1 aromatic carbocycles. The number of aromatic amines is 1. The first-order valence-corrected chi connectivity index (χ1v) is 7.27. The van der Waals surface area contributed by atoms with Crippen molar-refractivity contribution in [1.29, 1.82) is 0 Å². The maximum absolute atomic E-state index is 12.3. The molecule has 2 amide bonds. The number of carbonyl (C=O) groups is 2. The fourth-order valence-corrected chi connectivity index (χ4v) is 2.83. The van der Waals surface area contributed by atoms with Gasteiger partial charge in [0.1, 0.15) is 0 Å². The van der Waals surface area contributed by atoms with E-state index in [1.165, 1.54) is 0 Å². The highest BCUT2D eigenvalue weighted by atomic mass is 16.4. The summed E-state index contributed by atoms with van der Waals surface area (Å²) in [6, 6.07) is 3.55. The van der Waals surface area contributed by atoms with E-state index in [1.54, 1.807) is 11.1 Å². The van der Waals surface area contributed by atoms with Crippen LogP contribution in [-0.4, -0.2) is 45.3 Å². The van der Waals surface area contributed by atoms with Gasteiger partial charge in [-0.15, -0.1) is 0 Å². The first-order chi connectivity index (χ1) is 10.5. The lowest BCUT2D eigenvalue weighted by atomic mass is 9.97. The van der Waals surface area contributed by atoms with E-state index in [0.29, 0.717) is 31.6 Å². The molecular weight excluding hydrogens is 284 g/mol. The third-order valence-corrected chi connectivity index (χ3v) is 4.15. The zero-order chi connectivity index (χ0) is 15.7. The summed E-state index contributed by atoms with van der Waals surface area (Å²) in [5, 5.41) is 19.8. The van der Waals surface area contributed by atoms with E-state index >= 15 is 0 Å². The summed E-state index contributed by atoms with van der Waals surface area (Å²) >= 11 is 0. The number of carboxylic acid groups (broad SMARTS) is 1. The van der Waals surface area contributed by atoms with Crippen LogP contribution in [0, 0.1) is 12.8 Å². The molecule has 7 nitrogen and oxygen atoms in total. The average molecular weight is 302 g/mol. The van der Waals surface area contributed by atoms with Gasteiger partial charge in [-0.05, 0) is 37.5 Å². The van der Waals surface area contributed by atoms with E-state index in [4.69, 9.17) is 5.11 Å². The smallest absolute Gasteiger partial charge is 0.321 e. The summed E-state index contributed by atoms with van der Waals surface area (Å²) in [4.78, 5) is 24.9. The number of piperidine rings is 1. The summed E-state index contributed by atoms with van der Waals surface area (Å²) < 4.78 is 0. The van der Waals surface area contributed by atoms with Gasteiger partial charge in [0.25, 0.3) is 0 Å². The summed E-state index contributed by atoms with van der Waals surface area (Å²) in [5.41, 5.74) is 2.62. The normalized spacial score (nSPS) is 16.0. The SMILES string of the molecule is Cc1cc(NC(=O)N2CCC(C(=O)O)CC2)cc2[nH]ncc12. The number of urea groups is 1. The largest absolute Gasteiger partial charge is 0.481 e. The molecule has 2 heterocycles. The molecule has 7 heteroatoms. The highest BCUT2D eigenvalue weighted by Gasteiger charge is 2.27. The van der Waals surface area contributed by atoms with Gasteiger partial charge in [0.05, 0.1) is 17.6 Å². The predicted octanol–water partition coefficient (Wildman–Crippen LogP) is 2.20. The van der Waals surface area contributed by atoms with Gasteiger partial charge in [-0.1, -0.05) is 0 Å². The molecule has 1 aliphatic rings. The molecule has 0 aliphatic carbocycles. The summed E-state index contributed by atoms with van der Waals surface area (Å²) in [5.74, 6) is -1.12. The lowest BCUT2D eigenvalue weighted by Crippen LogP contribution is -2.42. The van der Waals surface area contributed by atoms with Gasteiger partial charge in [-0.2, -0.15) is 5.10 Å². The lowest BCUT2D eigenvalue weighted by molar-refractivity contribution is -0.143. The van der Waals surface area contributed by atoms with Gasteiger partial charge < -0.3 is 15.3 Å². The number of hydrogen-bond acceptors (Lipinski definition) is 3. The van der Waals surface area contributed by atoms with E-state index in [2.05, 4.69) is 15.5 Å². The minimum Gasteiger partial charge on any atom is -0.481 e. The van der Waals surface area contributed by atoms with Crippen molar-refractivity contribution >= 4 is 28.6 Å². The maximum atomic E-state index is 12.3. The first-order valence-electron chi connectivity index (χ1n) is 7.27. The third-order valence-electron chi connectivity index (χ3n) is 4.15. The predicted molar refractivity (Wildman–Crippen MR) is 81.8 cm³/mol. The van der Waals surface area contributed by atoms with Gasteiger partial charge in [-0.3, -0.25) is 9.89 Å². The quantitative estimate of drug-likeness (QED) is 0.792. The van der Waals surface area contributed by atoms with Gasteiger partial charge in [0.2, 0.25) is 0 Å². The number of anilines is 1. The van der Waals surface area contributed by atoms with Crippen molar-refractivity contribution in [3.8, 4) is 0 Å². The summed E-state index contributed by atoms with van der Waals surface area (Å²) in [6.45, 7) is 2.90. The number of benzene rings is 1. The van der Waals surface area contributed by atoms with Crippen molar-refractivity contribution in [3.63, 3.8) is 0 Å². The topological polar surface area (TPSA) is 98.3 Å². The molecule has 0 bridgehead atoms. The molecule has 0 atom stereocenters. The zero-order valence-electron chi connectivity index (χ0n) is 12.3. The minimum absolute atomic E-state index is 0.192. The molecular formula is C15H18N4O3. The number of aromatic nitrogens is 2. The van der Waals surface area contributed by atoms with Gasteiger partial charge in [-0.25, -0.2) is 4.79 Å². The Labute approximate surface area is 127 Å². The molecule has 3 rings (SSSR count). The molecule has 1 aliphatic heterocycles. The number of nitrogens with zero attached hydrogens (tertiary/aromatic N) is 2. The Hall–Kier alpha value is -2.57. The van der Waals surface area contributed by atoms with Crippen molar-refractivity contribution < 1.29 is 14.7 Å². The van der Waals surface area contributed by atoms with Crippen molar-refractivity contribution in [2.45, 2.75) is 19.8 Å². The summed E-state index contributed by atoms with van der Waals surface area (Å²) in [6.07, 6.45) is 2.76. The number of aryl methyl sites for hydroxylation is 1. The standard InChI is InChI=1S/C15H18N4O3/c1-9-6-11(7-13-12(9)8-16-18-13)17-15(22)19-4-2-10(3-5-19)14(20)21/h6-8,10H,2-5H2,1H3,(H,16,18)(H,17,22)(H,20,21). The Morgan fingerprint density at radius 3 is 2.77 bits per heavy atom. The number of carboxylic acids is 1. The van der Waals surface area contributed by atoms with Crippen LogP contribution < -0.4 is 5.32 Å². The highest BCUT2D eigenvalue weighted by molar-refractivity contribution is 5.93. The van der Waals surface area contributed by atoms with Crippen molar-refractivity contribution in [2.24, 2.45) is 5.92 Å². The molecule has 1 saturated heterocycles. The van der Waals surface area contributed by atoms with Crippen LogP contribution in [0.5, 0.6) is 0 Å². The molecule has 0 radical (unpaired) electrons. The third kappa shape index (κ3) is 2.74. The second kappa shape index (κ2) is 5.67. The number of carbonyl (C=O) groups excluding carboxylic acids is 1. The lowest BCUT2D eigenvalue weighted by Gasteiger charge is -2.30. The molecule has 116 valence electrons. The number of likely N-dealkylation sites (tertiary alicyclic amines) is 1. The van der Waals surface area contributed by atoms with Crippen LogP contribution in [0.2, 0.25) is 0 Å². The molecule has 0 saturated carbocycles. The first kappa shape index (κ1) is 14.4. The van der Waals surface area contributed by atoms with E-state index < -0.39 is 5.97 Å². The number of rotatable bonds is 2. The average Bonchev–Trinajstić information content (AvgIpc) is 2.96.